The largest absolute Gasteiger partial charge is 0.345 e. The Morgan fingerprint density at radius 1 is 0.933 bits per heavy atom. The van der Waals surface area contributed by atoms with Gasteiger partial charge in [0.2, 0.25) is 0 Å². The molecule has 3 aromatic rings. The average Bonchev–Trinajstić information content (AvgIpc) is 2.78. The molecule has 0 aromatic heterocycles. The van der Waals surface area contributed by atoms with Gasteiger partial charge in [0.25, 0.3) is 15.9 Å². The third-order valence-electron chi connectivity index (χ3n) is 4.68. The van der Waals surface area contributed by atoms with Crippen molar-refractivity contribution >= 4 is 33.4 Å². The highest BCUT2D eigenvalue weighted by atomic mass is 32.2. The van der Waals surface area contributed by atoms with E-state index in [9.17, 15) is 13.2 Å². The van der Waals surface area contributed by atoms with E-state index in [1.807, 2.05) is 43.5 Å². The summed E-state index contributed by atoms with van der Waals surface area (Å²) in [4.78, 5) is 13.8. The van der Waals surface area contributed by atoms with Crippen LogP contribution in [0.3, 0.4) is 0 Å². The molecule has 0 aliphatic rings. The maximum absolute atomic E-state index is 12.6. The molecule has 0 aliphatic heterocycles. The molecule has 1 amide bonds. The maximum atomic E-state index is 12.6. The summed E-state index contributed by atoms with van der Waals surface area (Å²) in [6.07, 6.45) is 2.70. The lowest BCUT2D eigenvalue weighted by atomic mass is 10.0. The van der Waals surface area contributed by atoms with Crippen LogP contribution in [0.2, 0.25) is 0 Å². The Balaban J connectivity index is 1.68. The van der Waals surface area contributed by atoms with E-state index < -0.39 is 10.0 Å². The van der Waals surface area contributed by atoms with E-state index in [4.69, 9.17) is 0 Å². The molecule has 1 atom stereocenters. The second-order valence-corrected chi connectivity index (χ2v) is 9.27. The summed E-state index contributed by atoms with van der Waals surface area (Å²) < 4.78 is 27.7. The molecule has 1 unspecified atom stereocenters. The van der Waals surface area contributed by atoms with Crippen LogP contribution >= 0.6 is 11.8 Å². The Bertz CT molecular complexity index is 1080. The van der Waals surface area contributed by atoms with Gasteiger partial charge in [0.15, 0.2) is 0 Å². The van der Waals surface area contributed by atoms with E-state index >= 15 is 0 Å². The van der Waals surface area contributed by atoms with Gasteiger partial charge in [0.05, 0.1) is 10.9 Å². The van der Waals surface area contributed by atoms with Crippen LogP contribution in [-0.4, -0.2) is 20.6 Å². The number of sulfonamides is 1. The molecule has 156 valence electrons. The van der Waals surface area contributed by atoms with Gasteiger partial charge in [-0.3, -0.25) is 9.52 Å². The number of hydrogen-bond acceptors (Lipinski definition) is 4. The molecule has 2 N–H and O–H groups in total. The Morgan fingerprint density at radius 3 is 2.13 bits per heavy atom. The lowest BCUT2D eigenvalue weighted by molar-refractivity contribution is 0.0935. The molecular formula is C23H24N2O3S2. The van der Waals surface area contributed by atoms with E-state index in [1.54, 1.807) is 60.3 Å². The first-order valence-electron chi connectivity index (χ1n) is 9.55. The zero-order chi connectivity index (χ0) is 21.6. The van der Waals surface area contributed by atoms with Crippen LogP contribution in [0.15, 0.2) is 88.7 Å². The highest BCUT2D eigenvalue weighted by Gasteiger charge is 2.16. The summed E-state index contributed by atoms with van der Waals surface area (Å²) in [6.45, 7) is 2.02. The predicted molar refractivity (Wildman–Crippen MR) is 122 cm³/mol. The Labute approximate surface area is 182 Å². The molecule has 0 bridgehead atoms. The van der Waals surface area contributed by atoms with Crippen LogP contribution in [0.25, 0.3) is 0 Å². The smallest absolute Gasteiger partial charge is 0.261 e. The first-order chi connectivity index (χ1) is 14.4. The second-order valence-electron chi connectivity index (χ2n) is 6.70. The molecule has 5 nitrogen and oxygen atoms in total. The lowest BCUT2D eigenvalue weighted by Crippen LogP contribution is -2.28. The predicted octanol–water partition coefficient (Wildman–Crippen LogP) is 5.09. The zero-order valence-electron chi connectivity index (χ0n) is 16.8. The quantitative estimate of drug-likeness (QED) is 0.479. The minimum absolute atomic E-state index is 0.0823. The number of nitrogens with one attached hydrogen (secondary N) is 2. The van der Waals surface area contributed by atoms with Crippen molar-refractivity contribution in [3.63, 3.8) is 0 Å². The van der Waals surface area contributed by atoms with Crippen molar-refractivity contribution in [1.82, 2.24) is 5.32 Å². The third-order valence-corrected chi connectivity index (χ3v) is 6.83. The minimum atomic E-state index is -3.69. The Hall–Kier alpha value is -2.77. The number of rotatable bonds is 8. The van der Waals surface area contributed by atoms with Crippen LogP contribution in [0, 0.1) is 0 Å². The number of anilines is 1. The molecule has 7 heteroatoms. The van der Waals surface area contributed by atoms with Gasteiger partial charge in [-0.2, -0.15) is 0 Å². The fourth-order valence-corrected chi connectivity index (χ4v) is 4.47. The van der Waals surface area contributed by atoms with Crippen LogP contribution < -0.4 is 10.0 Å². The molecule has 0 aliphatic carbocycles. The summed E-state index contributed by atoms with van der Waals surface area (Å²) in [7, 11) is -3.69. The third kappa shape index (κ3) is 5.43. The van der Waals surface area contributed by atoms with Crippen molar-refractivity contribution in [2.24, 2.45) is 0 Å². The lowest BCUT2D eigenvalue weighted by Gasteiger charge is -2.17. The monoisotopic (exact) mass is 440 g/mol. The van der Waals surface area contributed by atoms with Gasteiger partial charge in [-0.25, -0.2) is 8.42 Å². The number of hydrogen-bond donors (Lipinski definition) is 2. The second kappa shape index (κ2) is 9.82. The van der Waals surface area contributed by atoms with Gasteiger partial charge in [-0.05, 0) is 66.8 Å². The fourth-order valence-electron chi connectivity index (χ4n) is 3.01. The van der Waals surface area contributed by atoms with Gasteiger partial charge < -0.3 is 5.32 Å². The fraction of sp³-hybridized carbons (Fsp3) is 0.174. The Morgan fingerprint density at radius 2 is 1.57 bits per heavy atom. The molecule has 0 saturated carbocycles. The van der Waals surface area contributed by atoms with Gasteiger partial charge >= 0.3 is 0 Å². The molecule has 0 fully saturated rings. The molecule has 0 heterocycles. The zero-order valence-corrected chi connectivity index (χ0v) is 18.5. The van der Waals surface area contributed by atoms with Gasteiger partial charge in [-0.15, -0.1) is 11.8 Å². The highest BCUT2D eigenvalue weighted by Crippen LogP contribution is 2.21. The van der Waals surface area contributed by atoms with Crippen molar-refractivity contribution < 1.29 is 13.2 Å². The van der Waals surface area contributed by atoms with Crippen LogP contribution in [0.1, 0.15) is 35.3 Å². The summed E-state index contributed by atoms with van der Waals surface area (Å²) >= 11 is 1.55. The van der Waals surface area contributed by atoms with Crippen molar-refractivity contribution in [3.05, 3.63) is 90.0 Å². The maximum Gasteiger partial charge on any atom is 0.261 e. The number of carbonyl (C=O) groups is 1. The van der Waals surface area contributed by atoms with Gasteiger partial charge in [-0.1, -0.05) is 37.3 Å². The topological polar surface area (TPSA) is 75.3 Å². The van der Waals surface area contributed by atoms with Crippen molar-refractivity contribution in [2.45, 2.75) is 29.2 Å². The Kier molecular flexibility index (Phi) is 7.18. The summed E-state index contributed by atoms with van der Waals surface area (Å²) in [6, 6.07) is 22.8. The van der Waals surface area contributed by atoms with Crippen molar-refractivity contribution in [1.29, 1.82) is 0 Å². The SMILES string of the molecule is CCC(NC(=O)c1ccc(NS(=O)(=O)c2ccc(SC)cc2)cc1)c1ccccc1. The van der Waals surface area contributed by atoms with Crippen LogP contribution in [0.4, 0.5) is 5.69 Å². The highest BCUT2D eigenvalue weighted by molar-refractivity contribution is 7.98. The van der Waals surface area contributed by atoms with Crippen molar-refractivity contribution in [3.8, 4) is 0 Å². The molecule has 0 spiro atoms. The normalized spacial score (nSPS) is 12.2. The first-order valence-corrected chi connectivity index (χ1v) is 12.3. The number of thioether (sulfide) groups is 1. The standard InChI is InChI=1S/C23H24N2O3S2/c1-3-22(17-7-5-4-6-8-17)24-23(26)18-9-11-19(12-10-18)25-30(27,28)21-15-13-20(29-2)14-16-21/h4-16,22,25H,3H2,1-2H3,(H,24,26). The van der Waals surface area contributed by atoms with E-state index in [-0.39, 0.29) is 16.8 Å². The molecule has 0 radical (unpaired) electrons. The van der Waals surface area contributed by atoms with E-state index in [2.05, 4.69) is 10.0 Å². The van der Waals surface area contributed by atoms with Gasteiger partial charge in [0.1, 0.15) is 0 Å². The minimum Gasteiger partial charge on any atom is -0.345 e. The van der Waals surface area contributed by atoms with Crippen LogP contribution in [-0.2, 0) is 10.0 Å². The molecular weight excluding hydrogens is 416 g/mol. The number of amides is 1. The van der Waals surface area contributed by atoms with Gasteiger partial charge in [0, 0.05) is 16.1 Å². The summed E-state index contributed by atoms with van der Waals surface area (Å²) in [5.41, 5.74) is 1.91. The number of benzene rings is 3. The van der Waals surface area contributed by atoms with E-state index in [1.165, 1.54) is 0 Å². The molecule has 30 heavy (non-hydrogen) atoms. The number of carbonyl (C=O) groups excluding carboxylic acids is 1. The summed E-state index contributed by atoms with van der Waals surface area (Å²) in [5.74, 6) is -0.201. The molecule has 3 aromatic carbocycles. The van der Waals surface area contributed by atoms with Crippen molar-refractivity contribution in [2.75, 3.05) is 11.0 Å². The average molecular weight is 441 g/mol. The summed E-state index contributed by atoms with van der Waals surface area (Å²) in [5, 5.41) is 3.02. The molecule has 0 saturated heterocycles. The van der Waals surface area contributed by atoms with E-state index in [0.29, 0.717) is 11.3 Å². The van der Waals surface area contributed by atoms with Crippen LogP contribution in [0.5, 0.6) is 0 Å². The first kappa shape index (κ1) is 21.9. The van der Waals surface area contributed by atoms with E-state index in [0.717, 1.165) is 16.9 Å². The molecule has 3 rings (SSSR count).